The third kappa shape index (κ3) is 5.85. The Morgan fingerprint density at radius 2 is 1.62 bits per heavy atom. The predicted octanol–water partition coefficient (Wildman–Crippen LogP) is 5.47. The number of hydrogen-bond donors (Lipinski definition) is 1. The molecule has 1 amide bonds. The molecule has 0 atom stereocenters. The molecule has 3 aromatic rings. The van der Waals surface area contributed by atoms with Crippen molar-refractivity contribution in [2.24, 2.45) is 0 Å². The zero-order valence-electron chi connectivity index (χ0n) is 15.8. The molecule has 0 aliphatic carbocycles. The number of rotatable bonds is 7. The van der Waals surface area contributed by atoms with Gasteiger partial charge in [-0.2, -0.15) is 0 Å². The average Bonchev–Trinajstić information content (AvgIpc) is 2.71. The van der Waals surface area contributed by atoms with Gasteiger partial charge in [0.2, 0.25) is 5.91 Å². The van der Waals surface area contributed by atoms with Gasteiger partial charge in [-0.1, -0.05) is 54.6 Å². The normalized spacial score (nSPS) is 11.2. The van der Waals surface area contributed by atoms with Gasteiger partial charge in [0.15, 0.2) is 9.84 Å². The summed E-state index contributed by atoms with van der Waals surface area (Å²) in [6, 6.07) is 21.6. The molecule has 150 valence electrons. The fourth-order valence-corrected chi connectivity index (χ4v) is 4.61. The minimum atomic E-state index is -3.23. The quantitative estimate of drug-likeness (QED) is 0.524. The number of benzene rings is 3. The Kier molecular flexibility index (Phi) is 7.00. The minimum Gasteiger partial charge on any atom is -0.326 e. The van der Waals surface area contributed by atoms with Gasteiger partial charge in [0.05, 0.1) is 22.1 Å². The van der Waals surface area contributed by atoms with Crippen LogP contribution < -0.4 is 5.32 Å². The molecule has 3 aromatic carbocycles. The standard InChI is InChI=1S/C22H20ClNO3S2/c1-2-29(26,27)19-13-7-16(8-14-19)15-22(25)24-17-9-11-18(12-10-17)28-21-6-4-3-5-20(21)23/h3-14H,2,15H2,1H3,(H,24,25). The van der Waals surface area contributed by atoms with Gasteiger partial charge in [-0.3, -0.25) is 4.79 Å². The van der Waals surface area contributed by atoms with Crippen LogP contribution in [0.2, 0.25) is 5.02 Å². The lowest BCUT2D eigenvalue weighted by Gasteiger charge is -2.08. The highest BCUT2D eigenvalue weighted by Crippen LogP contribution is 2.33. The third-order valence-corrected chi connectivity index (χ3v) is 7.51. The largest absolute Gasteiger partial charge is 0.326 e. The van der Waals surface area contributed by atoms with E-state index in [1.807, 2.05) is 48.5 Å². The first-order chi connectivity index (χ1) is 13.9. The van der Waals surface area contributed by atoms with E-state index in [0.717, 1.165) is 15.4 Å². The zero-order chi connectivity index (χ0) is 20.9. The molecule has 7 heteroatoms. The van der Waals surface area contributed by atoms with E-state index < -0.39 is 9.84 Å². The van der Waals surface area contributed by atoms with Crippen molar-refractivity contribution in [3.05, 3.63) is 83.4 Å². The number of sulfone groups is 1. The molecular weight excluding hydrogens is 426 g/mol. The molecule has 0 heterocycles. The van der Waals surface area contributed by atoms with Crippen LogP contribution in [0.15, 0.2) is 87.5 Å². The lowest BCUT2D eigenvalue weighted by atomic mass is 10.1. The number of carbonyl (C=O) groups excluding carboxylic acids is 1. The Labute approximate surface area is 180 Å². The van der Waals surface area contributed by atoms with Crippen molar-refractivity contribution in [3.8, 4) is 0 Å². The third-order valence-electron chi connectivity index (χ3n) is 4.23. The molecule has 0 fully saturated rings. The van der Waals surface area contributed by atoms with Crippen molar-refractivity contribution in [1.29, 1.82) is 0 Å². The number of carbonyl (C=O) groups is 1. The van der Waals surface area contributed by atoms with Crippen molar-refractivity contribution >= 4 is 44.8 Å². The first-order valence-electron chi connectivity index (χ1n) is 9.01. The van der Waals surface area contributed by atoms with Gasteiger partial charge in [0, 0.05) is 15.5 Å². The van der Waals surface area contributed by atoms with Crippen LogP contribution in [0.25, 0.3) is 0 Å². The van der Waals surface area contributed by atoms with Crippen LogP contribution >= 0.6 is 23.4 Å². The van der Waals surface area contributed by atoms with Crippen LogP contribution in [0.1, 0.15) is 12.5 Å². The van der Waals surface area contributed by atoms with Crippen LogP contribution in [0.3, 0.4) is 0 Å². The molecule has 0 bridgehead atoms. The molecule has 0 saturated heterocycles. The Hall–Kier alpha value is -2.28. The summed E-state index contributed by atoms with van der Waals surface area (Å²) < 4.78 is 23.7. The molecular formula is C22H20ClNO3S2. The van der Waals surface area contributed by atoms with E-state index in [9.17, 15) is 13.2 Å². The van der Waals surface area contributed by atoms with E-state index in [2.05, 4.69) is 5.32 Å². The highest BCUT2D eigenvalue weighted by Gasteiger charge is 2.12. The van der Waals surface area contributed by atoms with E-state index in [1.54, 1.807) is 43.0 Å². The topological polar surface area (TPSA) is 63.2 Å². The first-order valence-corrected chi connectivity index (χ1v) is 11.9. The van der Waals surface area contributed by atoms with Crippen LogP contribution in [-0.2, 0) is 21.1 Å². The van der Waals surface area contributed by atoms with E-state index in [1.165, 1.54) is 0 Å². The lowest BCUT2D eigenvalue weighted by molar-refractivity contribution is -0.115. The Morgan fingerprint density at radius 3 is 2.24 bits per heavy atom. The van der Waals surface area contributed by atoms with Crippen LogP contribution in [0.4, 0.5) is 5.69 Å². The Bertz CT molecular complexity index is 1100. The van der Waals surface area contributed by atoms with Gasteiger partial charge < -0.3 is 5.32 Å². The number of hydrogen-bond acceptors (Lipinski definition) is 4. The van der Waals surface area contributed by atoms with Gasteiger partial charge in [-0.05, 0) is 54.1 Å². The molecule has 0 radical (unpaired) electrons. The summed E-state index contributed by atoms with van der Waals surface area (Å²) >= 11 is 7.74. The number of halogens is 1. The molecule has 0 spiro atoms. The number of nitrogens with one attached hydrogen (secondary N) is 1. The molecule has 0 saturated carbocycles. The van der Waals surface area contributed by atoms with Crippen LogP contribution in [0.5, 0.6) is 0 Å². The SMILES string of the molecule is CCS(=O)(=O)c1ccc(CC(=O)Nc2ccc(Sc3ccccc3Cl)cc2)cc1. The lowest BCUT2D eigenvalue weighted by Crippen LogP contribution is -2.14. The number of anilines is 1. The summed E-state index contributed by atoms with van der Waals surface area (Å²) in [6.07, 6.45) is 0.169. The maximum absolute atomic E-state index is 12.3. The van der Waals surface area contributed by atoms with Gasteiger partial charge in [-0.25, -0.2) is 8.42 Å². The molecule has 0 unspecified atom stereocenters. The minimum absolute atomic E-state index is 0.0532. The smallest absolute Gasteiger partial charge is 0.228 e. The molecule has 29 heavy (non-hydrogen) atoms. The second-order valence-corrected chi connectivity index (χ2v) is 10.1. The monoisotopic (exact) mass is 445 g/mol. The van der Waals surface area contributed by atoms with E-state index in [-0.39, 0.29) is 23.0 Å². The molecule has 4 nitrogen and oxygen atoms in total. The zero-order valence-corrected chi connectivity index (χ0v) is 18.2. The van der Waals surface area contributed by atoms with E-state index in [0.29, 0.717) is 10.7 Å². The Balaban J connectivity index is 1.59. The molecule has 0 aliphatic heterocycles. The van der Waals surface area contributed by atoms with Crippen LogP contribution in [0, 0.1) is 0 Å². The molecule has 1 N–H and O–H groups in total. The van der Waals surface area contributed by atoms with Gasteiger partial charge in [0.25, 0.3) is 0 Å². The van der Waals surface area contributed by atoms with Gasteiger partial charge in [0.1, 0.15) is 0 Å². The van der Waals surface area contributed by atoms with Gasteiger partial charge in [-0.15, -0.1) is 0 Å². The second-order valence-electron chi connectivity index (χ2n) is 6.33. The summed E-state index contributed by atoms with van der Waals surface area (Å²) in [5.41, 5.74) is 1.45. The average molecular weight is 446 g/mol. The summed E-state index contributed by atoms with van der Waals surface area (Å²) in [5, 5.41) is 3.56. The second kappa shape index (κ2) is 9.48. The van der Waals surface area contributed by atoms with Crippen molar-refractivity contribution in [1.82, 2.24) is 0 Å². The van der Waals surface area contributed by atoms with E-state index in [4.69, 9.17) is 11.6 Å². The maximum atomic E-state index is 12.3. The van der Waals surface area contributed by atoms with Crippen molar-refractivity contribution in [3.63, 3.8) is 0 Å². The summed E-state index contributed by atoms with van der Waals surface area (Å²) in [7, 11) is -3.23. The van der Waals surface area contributed by atoms with E-state index >= 15 is 0 Å². The summed E-state index contributed by atoms with van der Waals surface area (Å²) in [4.78, 5) is 14.6. The summed E-state index contributed by atoms with van der Waals surface area (Å²) in [6.45, 7) is 1.61. The number of amides is 1. The summed E-state index contributed by atoms with van der Waals surface area (Å²) in [5.74, 6) is -0.111. The fourth-order valence-electron chi connectivity index (χ4n) is 2.63. The van der Waals surface area contributed by atoms with Crippen molar-refractivity contribution in [2.75, 3.05) is 11.1 Å². The maximum Gasteiger partial charge on any atom is 0.228 e. The Morgan fingerprint density at radius 1 is 0.966 bits per heavy atom. The predicted molar refractivity (Wildman–Crippen MR) is 119 cm³/mol. The van der Waals surface area contributed by atoms with Crippen molar-refractivity contribution < 1.29 is 13.2 Å². The highest BCUT2D eigenvalue weighted by atomic mass is 35.5. The molecule has 3 rings (SSSR count). The molecule has 0 aliphatic rings. The first kappa shape index (κ1) is 21.4. The van der Waals surface area contributed by atoms with Crippen LogP contribution in [-0.4, -0.2) is 20.1 Å². The fraction of sp³-hybridized carbons (Fsp3) is 0.136. The highest BCUT2D eigenvalue weighted by molar-refractivity contribution is 7.99. The van der Waals surface area contributed by atoms with Gasteiger partial charge >= 0.3 is 0 Å². The van der Waals surface area contributed by atoms with Crippen molar-refractivity contribution in [2.45, 2.75) is 28.0 Å². The molecule has 0 aromatic heterocycles.